The molecule has 82 valence electrons. The van der Waals surface area contributed by atoms with Crippen molar-refractivity contribution < 1.29 is 0 Å². The van der Waals surface area contributed by atoms with E-state index < -0.39 is 0 Å². The van der Waals surface area contributed by atoms with E-state index in [0.717, 1.165) is 6.42 Å². The van der Waals surface area contributed by atoms with Gasteiger partial charge in [0, 0.05) is 12.1 Å². The predicted octanol–water partition coefficient (Wildman–Crippen LogP) is 3.96. The molecule has 0 fully saturated rings. The number of rotatable bonds is 1. The molecule has 1 atom stereocenters. The molecular weight excluding hydrogens is 194 g/mol. The van der Waals surface area contributed by atoms with Gasteiger partial charge in [-0.25, -0.2) is 0 Å². The van der Waals surface area contributed by atoms with Crippen LogP contribution in [0.5, 0.6) is 0 Å². The summed E-state index contributed by atoms with van der Waals surface area (Å²) in [5.74, 6) is 0.570. The fraction of sp³-hybridized carbons (Fsp3) is 0.400. The lowest BCUT2D eigenvalue weighted by atomic mass is 9.82. The molecule has 0 aromatic rings. The first kappa shape index (κ1) is 9.83. The largest absolute Gasteiger partial charge is 0.257 e. The molecule has 16 heavy (non-hydrogen) atoms. The van der Waals surface area contributed by atoms with Crippen LogP contribution in [-0.4, -0.2) is 5.71 Å². The summed E-state index contributed by atoms with van der Waals surface area (Å²) in [6, 6.07) is 0. The number of allylic oxidation sites excluding steroid dienone is 7. The molecule has 1 nitrogen and oxygen atoms in total. The Morgan fingerprint density at radius 1 is 1.25 bits per heavy atom. The van der Waals surface area contributed by atoms with Crippen molar-refractivity contribution in [3.05, 3.63) is 47.7 Å². The van der Waals surface area contributed by atoms with Crippen LogP contribution in [0.3, 0.4) is 0 Å². The maximum Gasteiger partial charge on any atom is 0.0696 e. The predicted molar refractivity (Wildman–Crippen MR) is 68.5 cm³/mol. The molecule has 1 heterocycles. The van der Waals surface area contributed by atoms with Gasteiger partial charge in [-0.15, -0.1) is 0 Å². The van der Waals surface area contributed by atoms with Crippen LogP contribution in [0.15, 0.2) is 52.7 Å². The van der Waals surface area contributed by atoms with Crippen molar-refractivity contribution >= 4 is 5.71 Å². The Kier molecular flexibility index (Phi) is 2.61. The average Bonchev–Trinajstić information content (AvgIpc) is 2.39. The zero-order chi connectivity index (χ0) is 10.8. The van der Waals surface area contributed by atoms with E-state index in [1.807, 2.05) is 6.20 Å². The second-order valence-electron chi connectivity index (χ2n) is 4.69. The van der Waals surface area contributed by atoms with E-state index >= 15 is 0 Å². The van der Waals surface area contributed by atoms with Gasteiger partial charge >= 0.3 is 0 Å². The summed E-state index contributed by atoms with van der Waals surface area (Å²) in [6.07, 6.45) is 19.5. The molecule has 2 aliphatic carbocycles. The molecule has 1 aliphatic heterocycles. The number of aliphatic imine (C=N–C) groups is 1. The van der Waals surface area contributed by atoms with Crippen LogP contribution in [0, 0.1) is 5.92 Å². The first-order chi connectivity index (χ1) is 7.95. The van der Waals surface area contributed by atoms with Gasteiger partial charge in [0.25, 0.3) is 0 Å². The second kappa shape index (κ2) is 4.25. The zero-order valence-corrected chi connectivity index (χ0v) is 9.52. The van der Waals surface area contributed by atoms with Crippen molar-refractivity contribution in [2.45, 2.75) is 32.1 Å². The standard InChI is InChI=1S/C15H17N/c1-2-7-13(8-3-1)15-14-9-5-4-6-12(14)10-11-16-15/h4-5,7,9-12H,1-3,6,8H2. The maximum absolute atomic E-state index is 4.60. The molecule has 0 saturated carbocycles. The lowest BCUT2D eigenvalue weighted by Crippen LogP contribution is -2.18. The van der Waals surface area contributed by atoms with E-state index in [-0.39, 0.29) is 0 Å². The van der Waals surface area contributed by atoms with Crippen LogP contribution in [-0.2, 0) is 0 Å². The number of hydrogen-bond acceptors (Lipinski definition) is 1. The number of nitrogens with zero attached hydrogens (tertiary/aromatic N) is 1. The molecule has 1 unspecified atom stereocenters. The van der Waals surface area contributed by atoms with Crippen LogP contribution in [0.4, 0.5) is 0 Å². The Morgan fingerprint density at radius 2 is 2.25 bits per heavy atom. The summed E-state index contributed by atoms with van der Waals surface area (Å²) in [7, 11) is 0. The molecule has 3 rings (SSSR count). The summed E-state index contributed by atoms with van der Waals surface area (Å²) in [6.45, 7) is 0. The first-order valence-corrected chi connectivity index (χ1v) is 6.26. The maximum atomic E-state index is 4.60. The fourth-order valence-corrected chi connectivity index (χ4v) is 2.70. The van der Waals surface area contributed by atoms with Gasteiger partial charge < -0.3 is 0 Å². The highest BCUT2D eigenvalue weighted by Crippen LogP contribution is 2.31. The molecule has 0 saturated heterocycles. The summed E-state index contributed by atoms with van der Waals surface area (Å²) in [5.41, 5.74) is 4.16. The molecule has 3 aliphatic rings. The van der Waals surface area contributed by atoms with Gasteiger partial charge in [-0.1, -0.05) is 30.4 Å². The van der Waals surface area contributed by atoms with E-state index in [4.69, 9.17) is 0 Å². The van der Waals surface area contributed by atoms with Crippen molar-refractivity contribution in [2.75, 3.05) is 0 Å². The lowest BCUT2D eigenvalue weighted by molar-refractivity contribution is 0.712. The van der Waals surface area contributed by atoms with Crippen molar-refractivity contribution in [2.24, 2.45) is 10.9 Å². The summed E-state index contributed by atoms with van der Waals surface area (Å²) >= 11 is 0. The van der Waals surface area contributed by atoms with E-state index in [9.17, 15) is 0 Å². The minimum atomic E-state index is 0.570. The monoisotopic (exact) mass is 211 g/mol. The van der Waals surface area contributed by atoms with Crippen molar-refractivity contribution in [3.8, 4) is 0 Å². The quantitative estimate of drug-likeness (QED) is 0.622. The Labute approximate surface area is 97.0 Å². The Hall–Kier alpha value is -1.37. The summed E-state index contributed by atoms with van der Waals surface area (Å²) in [5, 5.41) is 0. The number of hydrogen-bond donors (Lipinski definition) is 0. The summed E-state index contributed by atoms with van der Waals surface area (Å²) < 4.78 is 0. The highest BCUT2D eigenvalue weighted by atomic mass is 14.7. The lowest BCUT2D eigenvalue weighted by Gasteiger charge is -2.25. The minimum Gasteiger partial charge on any atom is -0.257 e. The Balaban J connectivity index is 1.96. The van der Waals surface area contributed by atoms with Crippen LogP contribution in [0.2, 0.25) is 0 Å². The zero-order valence-electron chi connectivity index (χ0n) is 9.52. The molecule has 0 spiro atoms. The highest BCUT2D eigenvalue weighted by Gasteiger charge is 2.23. The molecule has 0 aromatic heterocycles. The van der Waals surface area contributed by atoms with Gasteiger partial charge in [0.05, 0.1) is 5.71 Å². The number of fused-ring (bicyclic) bond motifs is 1. The van der Waals surface area contributed by atoms with E-state index in [2.05, 4.69) is 35.4 Å². The third kappa shape index (κ3) is 1.71. The van der Waals surface area contributed by atoms with E-state index in [1.165, 1.54) is 42.5 Å². The van der Waals surface area contributed by atoms with E-state index in [1.54, 1.807) is 0 Å². The molecule has 0 amide bonds. The Bertz CT molecular complexity index is 432. The van der Waals surface area contributed by atoms with E-state index in [0.29, 0.717) is 5.92 Å². The SMILES string of the molecule is C1=CCC2C=CN=C(C3=CCCCC3)C2=C1. The molecule has 0 radical (unpaired) electrons. The third-order valence-electron chi connectivity index (χ3n) is 3.59. The molecule has 1 heteroatoms. The van der Waals surface area contributed by atoms with Gasteiger partial charge in [-0.3, -0.25) is 4.99 Å². The third-order valence-corrected chi connectivity index (χ3v) is 3.59. The molecule has 0 N–H and O–H groups in total. The topological polar surface area (TPSA) is 12.4 Å². The van der Waals surface area contributed by atoms with Gasteiger partial charge in [0.15, 0.2) is 0 Å². The van der Waals surface area contributed by atoms with Gasteiger partial charge in [-0.2, -0.15) is 0 Å². The Morgan fingerprint density at radius 3 is 3.12 bits per heavy atom. The molecule has 0 aromatic carbocycles. The fourth-order valence-electron chi connectivity index (χ4n) is 2.70. The van der Waals surface area contributed by atoms with Crippen molar-refractivity contribution in [3.63, 3.8) is 0 Å². The van der Waals surface area contributed by atoms with Gasteiger partial charge in [-0.05, 0) is 43.3 Å². The van der Waals surface area contributed by atoms with Crippen LogP contribution >= 0.6 is 0 Å². The van der Waals surface area contributed by atoms with Gasteiger partial charge in [0.2, 0.25) is 0 Å². The first-order valence-electron chi connectivity index (χ1n) is 6.26. The van der Waals surface area contributed by atoms with Crippen LogP contribution < -0.4 is 0 Å². The minimum absolute atomic E-state index is 0.570. The van der Waals surface area contributed by atoms with Crippen molar-refractivity contribution in [1.29, 1.82) is 0 Å². The average molecular weight is 211 g/mol. The molecular formula is C15H17N. The van der Waals surface area contributed by atoms with Gasteiger partial charge in [0.1, 0.15) is 0 Å². The molecule has 0 bridgehead atoms. The van der Waals surface area contributed by atoms with Crippen molar-refractivity contribution in [1.82, 2.24) is 0 Å². The second-order valence-corrected chi connectivity index (χ2v) is 4.69. The van der Waals surface area contributed by atoms with Crippen LogP contribution in [0.25, 0.3) is 0 Å². The van der Waals surface area contributed by atoms with Crippen LogP contribution in [0.1, 0.15) is 32.1 Å². The summed E-state index contributed by atoms with van der Waals surface area (Å²) in [4.78, 5) is 4.60. The highest BCUT2D eigenvalue weighted by molar-refractivity contribution is 6.14. The normalized spacial score (nSPS) is 28.0. The smallest absolute Gasteiger partial charge is 0.0696 e.